The summed E-state index contributed by atoms with van der Waals surface area (Å²) in [5.74, 6) is 0.169. The monoisotopic (exact) mass is 208 g/mol. The Balaban J connectivity index is 2.32. The predicted molar refractivity (Wildman–Crippen MR) is 58.3 cm³/mol. The summed E-state index contributed by atoms with van der Waals surface area (Å²) in [6.45, 7) is 6.06. The van der Waals surface area contributed by atoms with E-state index in [2.05, 4.69) is 13.8 Å². The molecule has 0 spiro atoms. The zero-order valence-electron chi connectivity index (χ0n) is 9.42. The summed E-state index contributed by atoms with van der Waals surface area (Å²) in [6.07, 6.45) is 0.561. The van der Waals surface area contributed by atoms with E-state index in [4.69, 9.17) is 0 Å². The highest BCUT2D eigenvalue weighted by atomic mass is 19.1. The summed E-state index contributed by atoms with van der Waals surface area (Å²) in [4.78, 5) is 0. The molecule has 1 fully saturated rings. The second-order valence-corrected chi connectivity index (χ2v) is 5.13. The van der Waals surface area contributed by atoms with E-state index in [0.717, 1.165) is 12.0 Å². The molecular formula is C13H17FO. The van der Waals surface area contributed by atoms with Gasteiger partial charge in [-0.3, -0.25) is 0 Å². The van der Waals surface area contributed by atoms with Crippen molar-refractivity contribution in [2.75, 3.05) is 0 Å². The van der Waals surface area contributed by atoms with Crippen LogP contribution in [0, 0.1) is 18.2 Å². The summed E-state index contributed by atoms with van der Waals surface area (Å²) in [6, 6.07) is 4.92. The molecule has 0 saturated heterocycles. The van der Waals surface area contributed by atoms with Crippen LogP contribution in [0.2, 0.25) is 0 Å². The van der Waals surface area contributed by atoms with Crippen LogP contribution in [0.15, 0.2) is 18.2 Å². The molecule has 1 aliphatic rings. The first-order valence-corrected chi connectivity index (χ1v) is 5.37. The van der Waals surface area contributed by atoms with Gasteiger partial charge in [-0.1, -0.05) is 19.9 Å². The van der Waals surface area contributed by atoms with E-state index in [-0.39, 0.29) is 17.3 Å². The molecule has 0 heterocycles. The van der Waals surface area contributed by atoms with Gasteiger partial charge < -0.3 is 5.11 Å². The van der Waals surface area contributed by atoms with Crippen LogP contribution in [0.25, 0.3) is 0 Å². The van der Waals surface area contributed by atoms with Crippen LogP contribution in [0.1, 0.15) is 37.3 Å². The molecule has 2 heteroatoms. The van der Waals surface area contributed by atoms with Gasteiger partial charge in [0.2, 0.25) is 0 Å². The first-order valence-electron chi connectivity index (χ1n) is 5.37. The Morgan fingerprint density at radius 2 is 2.07 bits per heavy atom. The normalized spacial score (nSPS) is 28.6. The van der Waals surface area contributed by atoms with E-state index in [1.807, 2.05) is 13.0 Å². The van der Waals surface area contributed by atoms with Gasteiger partial charge in [0.05, 0.1) is 6.10 Å². The van der Waals surface area contributed by atoms with Crippen molar-refractivity contribution >= 4 is 0 Å². The van der Waals surface area contributed by atoms with Crippen molar-refractivity contribution in [3.8, 4) is 0 Å². The maximum atomic E-state index is 13.0. The molecular weight excluding hydrogens is 191 g/mol. The van der Waals surface area contributed by atoms with Crippen LogP contribution < -0.4 is 0 Å². The van der Waals surface area contributed by atoms with Crippen molar-refractivity contribution in [3.63, 3.8) is 0 Å². The van der Waals surface area contributed by atoms with Crippen LogP contribution in [0.3, 0.4) is 0 Å². The standard InChI is InChI=1S/C13H17FO/c1-8-6-9(14)4-5-10(8)11-7-12(15)13(11,2)3/h4-6,11-12,15H,7H2,1-3H3. The Hall–Kier alpha value is -0.890. The second kappa shape index (κ2) is 3.31. The van der Waals surface area contributed by atoms with E-state index in [1.165, 1.54) is 11.6 Å². The third-order valence-electron chi connectivity index (χ3n) is 3.82. The van der Waals surface area contributed by atoms with Gasteiger partial charge in [-0.25, -0.2) is 4.39 Å². The molecule has 2 atom stereocenters. The first-order chi connectivity index (χ1) is 6.93. The zero-order valence-corrected chi connectivity index (χ0v) is 9.42. The zero-order chi connectivity index (χ0) is 11.2. The summed E-state index contributed by atoms with van der Waals surface area (Å²) in [5, 5.41) is 9.68. The molecule has 0 radical (unpaired) electrons. The highest BCUT2D eigenvalue weighted by Gasteiger charge is 2.48. The minimum absolute atomic E-state index is 0.0808. The van der Waals surface area contributed by atoms with Gasteiger partial charge in [-0.2, -0.15) is 0 Å². The van der Waals surface area contributed by atoms with Crippen LogP contribution in [-0.2, 0) is 0 Å². The highest BCUT2D eigenvalue weighted by Crippen LogP contribution is 2.53. The molecule has 0 bridgehead atoms. The minimum Gasteiger partial charge on any atom is -0.393 e. The number of hydrogen-bond acceptors (Lipinski definition) is 1. The van der Waals surface area contributed by atoms with E-state index < -0.39 is 0 Å². The topological polar surface area (TPSA) is 20.2 Å². The smallest absolute Gasteiger partial charge is 0.123 e. The molecule has 1 aromatic rings. The predicted octanol–water partition coefficient (Wildman–Crippen LogP) is 3.01. The summed E-state index contributed by atoms with van der Waals surface area (Å²) < 4.78 is 13.0. The molecule has 0 aliphatic heterocycles. The largest absolute Gasteiger partial charge is 0.393 e. The first kappa shape index (κ1) is 10.6. The number of benzene rings is 1. The molecule has 15 heavy (non-hydrogen) atoms. The number of halogens is 1. The average Bonchev–Trinajstić information content (AvgIpc) is 2.15. The molecule has 82 valence electrons. The Labute approximate surface area is 89.9 Å². The van der Waals surface area contributed by atoms with Gasteiger partial charge in [0.1, 0.15) is 5.82 Å². The van der Waals surface area contributed by atoms with Gasteiger partial charge in [-0.05, 0) is 47.9 Å². The Bertz CT molecular complexity index is 384. The van der Waals surface area contributed by atoms with Crippen molar-refractivity contribution in [3.05, 3.63) is 35.1 Å². The van der Waals surface area contributed by atoms with Crippen LogP contribution >= 0.6 is 0 Å². The maximum Gasteiger partial charge on any atom is 0.123 e. The fraction of sp³-hybridized carbons (Fsp3) is 0.538. The molecule has 0 amide bonds. The van der Waals surface area contributed by atoms with Gasteiger partial charge in [0.15, 0.2) is 0 Å². The minimum atomic E-state index is -0.230. The second-order valence-electron chi connectivity index (χ2n) is 5.13. The van der Waals surface area contributed by atoms with Gasteiger partial charge in [-0.15, -0.1) is 0 Å². The molecule has 2 rings (SSSR count). The third kappa shape index (κ3) is 1.57. The Kier molecular flexibility index (Phi) is 2.34. The third-order valence-corrected chi connectivity index (χ3v) is 3.82. The van der Waals surface area contributed by atoms with Crippen molar-refractivity contribution in [2.24, 2.45) is 5.41 Å². The van der Waals surface area contributed by atoms with Crippen molar-refractivity contribution in [1.29, 1.82) is 0 Å². The Morgan fingerprint density at radius 1 is 1.40 bits per heavy atom. The molecule has 2 unspecified atom stereocenters. The molecule has 1 N–H and O–H groups in total. The van der Waals surface area contributed by atoms with Crippen LogP contribution in [0.4, 0.5) is 4.39 Å². The quantitative estimate of drug-likeness (QED) is 0.752. The van der Waals surface area contributed by atoms with Crippen molar-refractivity contribution in [1.82, 2.24) is 0 Å². The summed E-state index contributed by atoms with van der Waals surface area (Å²) in [7, 11) is 0. The number of aliphatic hydroxyl groups excluding tert-OH is 1. The molecule has 0 aromatic heterocycles. The number of aliphatic hydroxyl groups is 1. The molecule has 1 saturated carbocycles. The van der Waals surface area contributed by atoms with E-state index in [9.17, 15) is 9.50 Å². The lowest BCUT2D eigenvalue weighted by Crippen LogP contribution is -2.47. The van der Waals surface area contributed by atoms with Crippen LogP contribution in [0.5, 0.6) is 0 Å². The van der Waals surface area contributed by atoms with Gasteiger partial charge >= 0.3 is 0 Å². The lowest BCUT2D eigenvalue weighted by atomic mass is 9.57. The Morgan fingerprint density at radius 3 is 2.53 bits per heavy atom. The fourth-order valence-electron chi connectivity index (χ4n) is 2.46. The van der Waals surface area contributed by atoms with E-state index >= 15 is 0 Å². The van der Waals surface area contributed by atoms with E-state index in [1.54, 1.807) is 6.07 Å². The number of hydrogen-bond donors (Lipinski definition) is 1. The lowest BCUT2D eigenvalue weighted by molar-refractivity contribution is -0.0627. The molecule has 1 aromatic carbocycles. The van der Waals surface area contributed by atoms with Gasteiger partial charge in [0, 0.05) is 0 Å². The van der Waals surface area contributed by atoms with Crippen molar-refractivity contribution < 1.29 is 9.50 Å². The summed E-state index contributed by atoms with van der Waals surface area (Å²) in [5.41, 5.74) is 2.08. The van der Waals surface area contributed by atoms with Gasteiger partial charge in [0.25, 0.3) is 0 Å². The molecule has 1 nitrogen and oxygen atoms in total. The highest BCUT2D eigenvalue weighted by molar-refractivity contribution is 5.34. The lowest BCUT2D eigenvalue weighted by Gasteiger charge is -2.50. The number of rotatable bonds is 1. The maximum absolute atomic E-state index is 13.0. The molecule has 1 aliphatic carbocycles. The SMILES string of the molecule is Cc1cc(F)ccc1C1CC(O)C1(C)C. The number of aryl methyl sites for hydroxylation is 1. The fourth-order valence-corrected chi connectivity index (χ4v) is 2.46. The average molecular weight is 208 g/mol. The van der Waals surface area contributed by atoms with Crippen LogP contribution in [-0.4, -0.2) is 11.2 Å². The van der Waals surface area contributed by atoms with Crippen molar-refractivity contribution in [2.45, 2.75) is 39.2 Å². The van der Waals surface area contributed by atoms with E-state index in [0.29, 0.717) is 5.92 Å². The summed E-state index contributed by atoms with van der Waals surface area (Å²) >= 11 is 0.